The molecule has 0 aliphatic heterocycles. The lowest BCUT2D eigenvalue weighted by molar-refractivity contribution is -0.742. The average molecular weight is 124 g/mol. The van der Waals surface area contributed by atoms with Crippen molar-refractivity contribution in [1.82, 2.24) is 6.15 Å². The van der Waals surface area contributed by atoms with Crippen LogP contribution in [0.15, 0.2) is 5.34 Å². The molecule has 0 amide bonds. The van der Waals surface area contributed by atoms with Gasteiger partial charge in [-0.25, -0.2) is 0 Å². The Morgan fingerprint density at radius 2 is 1.62 bits per heavy atom. The molecule has 0 saturated heterocycles. The van der Waals surface area contributed by atoms with Crippen molar-refractivity contribution in [3.63, 3.8) is 0 Å². The lowest BCUT2D eigenvalue weighted by Crippen LogP contribution is -1.81. The molecule has 0 unspecified atom stereocenters. The maximum atomic E-state index is 8.36. The third-order valence-corrected chi connectivity index (χ3v) is 0. The normalized spacial score (nSPS) is 4.50. The maximum absolute atomic E-state index is 8.36. The molecule has 0 saturated carbocycles. The number of hydrogen-bond acceptors (Lipinski definition) is 4. The quantitative estimate of drug-likeness (QED) is 0.249. The summed E-state index contributed by atoms with van der Waals surface area (Å²) in [6, 6.07) is 0. The maximum Gasteiger partial charge on any atom is 0.291 e. The van der Waals surface area contributed by atoms with Crippen molar-refractivity contribution in [1.29, 1.82) is 0 Å². The van der Waals surface area contributed by atoms with Gasteiger partial charge in [-0.2, -0.15) is 0 Å². The zero-order valence-electron chi connectivity index (χ0n) is 3.46. The van der Waals surface area contributed by atoms with Gasteiger partial charge in [0.1, 0.15) is 0 Å². The topological polar surface area (TPSA) is 144 Å². The lowest BCUT2D eigenvalue weighted by atomic mass is 13.1. The molecule has 0 heterocycles. The van der Waals surface area contributed by atoms with Crippen LogP contribution in [0.2, 0.25) is 0 Å². The largest absolute Gasteiger partial charge is 0.379 e. The third kappa shape index (κ3) is 27.9. The average Bonchev–Trinajstić information content (AvgIpc) is 1.33. The Morgan fingerprint density at radius 3 is 1.62 bits per heavy atom. The van der Waals surface area contributed by atoms with Gasteiger partial charge in [-0.15, -0.1) is 15.0 Å². The van der Waals surface area contributed by atoms with E-state index in [-0.39, 0.29) is 6.15 Å². The van der Waals surface area contributed by atoms with Crippen LogP contribution < -0.4 is 6.15 Å². The Hall–Kier alpha value is -1.44. The summed E-state index contributed by atoms with van der Waals surface area (Å²) < 4.78 is 0. The van der Waals surface area contributed by atoms with E-state index in [4.69, 9.17) is 25.4 Å². The van der Waals surface area contributed by atoms with E-state index < -0.39 is 5.09 Å². The fraction of sp³-hybridized carbons (Fsp3) is 0. The van der Waals surface area contributed by atoms with Gasteiger partial charge in [-0.3, -0.25) is 0 Å². The molecule has 0 rings (SSSR count). The molecular weight excluding hydrogens is 122 g/mol. The number of hydrogen-bond donors (Lipinski definition) is 2. The fourth-order valence-electron chi connectivity index (χ4n) is 0. The van der Waals surface area contributed by atoms with Crippen LogP contribution in [0.3, 0.4) is 0 Å². The monoisotopic (exact) mass is 124 g/mol. The molecule has 0 aromatic rings. The van der Waals surface area contributed by atoms with E-state index in [2.05, 4.69) is 0 Å². The standard InChI is InChI=1S/HNO3.HNO2.N/c2-1(3)4;2-1-3;/h(H,2,3,4);(H,2,3);. The minimum atomic E-state index is -1.50. The Labute approximate surface area is 43.4 Å². The second-order valence-corrected chi connectivity index (χ2v) is 0.319. The van der Waals surface area contributed by atoms with Crippen LogP contribution >= 0.6 is 0 Å². The Balaban J connectivity index is -0.0000000575. The molecule has 0 aliphatic carbocycles. The Morgan fingerprint density at radius 1 is 1.62 bits per heavy atom. The van der Waals surface area contributed by atoms with E-state index in [1.807, 2.05) is 0 Å². The van der Waals surface area contributed by atoms with Crippen LogP contribution in [-0.2, 0) is 0 Å². The van der Waals surface area contributed by atoms with E-state index >= 15 is 0 Å². The highest BCUT2D eigenvalue weighted by atomic mass is 16.9. The summed E-state index contributed by atoms with van der Waals surface area (Å²) in [5, 5.41) is 21.5. The summed E-state index contributed by atoms with van der Waals surface area (Å²) in [7, 11) is 0. The van der Waals surface area contributed by atoms with Crippen LogP contribution in [0.1, 0.15) is 0 Å². The van der Waals surface area contributed by atoms with Gasteiger partial charge >= 0.3 is 0 Å². The van der Waals surface area contributed by atoms with Crippen LogP contribution in [-0.4, -0.2) is 15.5 Å². The van der Waals surface area contributed by atoms with Crippen molar-refractivity contribution in [2.24, 2.45) is 5.34 Å². The number of nitrogens with zero attached hydrogens (tertiary/aromatic N) is 3. The highest BCUT2D eigenvalue weighted by molar-refractivity contribution is 3.84. The van der Waals surface area contributed by atoms with Gasteiger partial charge in [0.05, 0.1) is 0 Å². The van der Waals surface area contributed by atoms with E-state index in [9.17, 15) is 0 Å². The van der Waals surface area contributed by atoms with Crippen molar-refractivity contribution < 1.29 is 15.5 Å². The van der Waals surface area contributed by atoms with E-state index in [0.29, 0.717) is 0 Å². The SMILES string of the molecule is O=NO.O=[N+]([O-])O.[N]. The zero-order valence-corrected chi connectivity index (χ0v) is 3.46. The summed E-state index contributed by atoms with van der Waals surface area (Å²) in [6.07, 6.45) is 0. The van der Waals surface area contributed by atoms with Gasteiger partial charge in [0.25, 0.3) is 5.09 Å². The van der Waals surface area contributed by atoms with E-state index in [1.165, 1.54) is 5.34 Å². The summed E-state index contributed by atoms with van der Waals surface area (Å²) in [6.45, 7) is 0. The molecule has 0 spiro atoms. The van der Waals surface area contributed by atoms with Gasteiger partial charge in [0.2, 0.25) is 0 Å². The van der Waals surface area contributed by atoms with Gasteiger partial charge in [0, 0.05) is 6.15 Å². The molecule has 8 heteroatoms. The van der Waals surface area contributed by atoms with Crippen molar-refractivity contribution in [2.75, 3.05) is 0 Å². The van der Waals surface area contributed by atoms with Gasteiger partial charge in [-0.05, 0) is 0 Å². The minimum absolute atomic E-state index is 0. The minimum Gasteiger partial charge on any atom is -0.379 e. The molecule has 0 aromatic carbocycles. The van der Waals surface area contributed by atoms with E-state index in [1.54, 1.807) is 0 Å². The van der Waals surface area contributed by atoms with E-state index in [0.717, 1.165) is 0 Å². The molecule has 0 aromatic heterocycles. The molecule has 0 atom stereocenters. The van der Waals surface area contributed by atoms with Crippen LogP contribution in [0, 0.1) is 15.0 Å². The molecule has 0 aliphatic rings. The predicted octanol–water partition coefficient (Wildman–Crippen LogP) is -0.686. The highest BCUT2D eigenvalue weighted by Gasteiger charge is 1.65. The summed E-state index contributed by atoms with van der Waals surface area (Å²) in [4.78, 5) is 16.5. The first kappa shape index (κ1) is 16.0. The van der Waals surface area contributed by atoms with Crippen LogP contribution in [0.5, 0.6) is 0 Å². The van der Waals surface area contributed by atoms with Gasteiger partial charge < -0.3 is 10.4 Å². The van der Waals surface area contributed by atoms with Gasteiger partial charge in [-0.1, -0.05) is 0 Å². The molecule has 47 valence electrons. The van der Waals surface area contributed by atoms with Crippen molar-refractivity contribution >= 4 is 0 Å². The predicted molar refractivity (Wildman–Crippen MR) is 18.5 cm³/mol. The van der Waals surface area contributed by atoms with Crippen LogP contribution in [0.4, 0.5) is 0 Å². The van der Waals surface area contributed by atoms with Crippen LogP contribution in [0.25, 0.3) is 0 Å². The molecule has 0 fully saturated rings. The highest BCUT2D eigenvalue weighted by Crippen LogP contribution is 1.38. The summed E-state index contributed by atoms with van der Waals surface area (Å²) >= 11 is 0. The second kappa shape index (κ2) is 17.6. The molecule has 3 radical (unpaired) electrons. The number of rotatable bonds is 0. The zero-order chi connectivity index (χ0) is 6.28. The smallest absolute Gasteiger partial charge is 0.291 e. The molecular formula is H2N3O5. The van der Waals surface area contributed by atoms with Gasteiger partial charge in [0.15, 0.2) is 5.34 Å². The first-order valence-electron chi connectivity index (χ1n) is 0.948. The third-order valence-electron chi connectivity index (χ3n) is 0. The molecule has 2 N–H and O–H groups in total. The first-order valence-corrected chi connectivity index (χ1v) is 0.948. The Bertz CT molecular complexity index is 54.7. The molecule has 8 heavy (non-hydrogen) atoms. The molecule has 0 bridgehead atoms. The lowest BCUT2D eigenvalue weighted by Gasteiger charge is -1.56. The summed E-state index contributed by atoms with van der Waals surface area (Å²) in [5.41, 5.74) is 0. The second-order valence-electron chi connectivity index (χ2n) is 0.319. The van der Waals surface area contributed by atoms with Crippen molar-refractivity contribution in [3.05, 3.63) is 15.0 Å². The summed E-state index contributed by atoms with van der Waals surface area (Å²) in [5.74, 6) is 0. The Kier molecular flexibility index (Phi) is 35.3. The van der Waals surface area contributed by atoms with Crippen molar-refractivity contribution in [2.45, 2.75) is 0 Å². The first-order chi connectivity index (χ1) is 3.15. The molecule has 8 nitrogen and oxygen atoms in total. The fourth-order valence-corrected chi connectivity index (χ4v) is 0. The van der Waals surface area contributed by atoms with Crippen molar-refractivity contribution in [3.8, 4) is 0 Å².